The van der Waals surface area contributed by atoms with Crippen molar-refractivity contribution in [2.24, 2.45) is 5.92 Å². The molecule has 0 unspecified atom stereocenters. The number of carbonyl (C=O) groups is 2. The minimum absolute atomic E-state index is 0.0947. The largest absolute Gasteiger partial charge is 0.352 e. The second kappa shape index (κ2) is 9.28. The van der Waals surface area contributed by atoms with Gasteiger partial charge in [-0.15, -0.1) is 0 Å². The lowest BCUT2D eigenvalue weighted by molar-refractivity contribution is 0.0950. The summed E-state index contributed by atoms with van der Waals surface area (Å²) in [5.74, 6) is -0.499. The molecule has 0 fully saturated rings. The average Bonchev–Trinajstić information content (AvgIpc) is 2.64. The van der Waals surface area contributed by atoms with Gasteiger partial charge < -0.3 is 10.6 Å². The van der Waals surface area contributed by atoms with Crippen LogP contribution in [0.1, 0.15) is 34.6 Å². The number of sulfonamides is 1. The number of rotatable bonds is 7. The van der Waals surface area contributed by atoms with Crippen molar-refractivity contribution in [1.29, 1.82) is 0 Å². The van der Waals surface area contributed by atoms with Gasteiger partial charge in [-0.3, -0.25) is 13.9 Å². The fraction of sp³-hybridized carbons (Fsp3) is 0.300. The van der Waals surface area contributed by atoms with Crippen LogP contribution in [0.15, 0.2) is 42.5 Å². The van der Waals surface area contributed by atoms with Crippen LogP contribution in [-0.2, 0) is 10.0 Å². The van der Waals surface area contributed by atoms with Crippen LogP contribution in [0.5, 0.6) is 0 Å². The fourth-order valence-electron chi connectivity index (χ4n) is 2.45. The highest BCUT2D eigenvalue weighted by Crippen LogP contribution is 2.26. The summed E-state index contributed by atoms with van der Waals surface area (Å²) in [7, 11) is -2.06. The van der Waals surface area contributed by atoms with E-state index in [1.54, 1.807) is 24.3 Å². The first-order valence-corrected chi connectivity index (χ1v) is 11.2. The van der Waals surface area contributed by atoms with Gasteiger partial charge in [0.05, 0.1) is 33.8 Å². The monoisotopic (exact) mass is 437 g/mol. The van der Waals surface area contributed by atoms with Crippen LogP contribution >= 0.6 is 11.6 Å². The summed E-state index contributed by atoms with van der Waals surface area (Å²) in [5, 5.41) is 5.61. The summed E-state index contributed by atoms with van der Waals surface area (Å²) >= 11 is 6.21. The molecule has 2 N–H and O–H groups in total. The lowest BCUT2D eigenvalue weighted by Crippen LogP contribution is -2.28. The van der Waals surface area contributed by atoms with Gasteiger partial charge in [-0.2, -0.15) is 0 Å². The lowest BCUT2D eigenvalue weighted by atomic mass is 10.1. The molecule has 0 aliphatic carbocycles. The van der Waals surface area contributed by atoms with Gasteiger partial charge in [0.15, 0.2) is 0 Å². The van der Waals surface area contributed by atoms with Crippen molar-refractivity contribution in [3.63, 3.8) is 0 Å². The highest BCUT2D eigenvalue weighted by atomic mass is 35.5. The first-order valence-electron chi connectivity index (χ1n) is 8.92. The molecule has 0 saturated carbocycles. The molecule has 2 rings (SSSR count). The van der Waals surface area contributed by atoms with E-state index < -0.39 is 15.9 Å². The van der Waals surface area contributed by atoms with Crippen LogP contribution in [0.3, 0.4) is 0 Å². The number of carbonyl (C=O) groups excluding carboxylic acids is 2. The Bertz CT molecular complexity index is 1020. The molecule has 2 amide bonds. The number of nitrogens with one attached hydrogen (secondary N) is 2. The van der Waals surface area contributed by atoms with Crippen molar-refractivity contribution < 1.29 is 18.0 Å². The second-order valence-electron chi connectivity index (χ2n) is 7.00. The molecule has 0 atom stereocenters. The average molecular weight is 438 g/mol. The van der Waals surface area contributed by atoms with E-state index in [0.29, 0.717) is 29.4 Å². The Kier molecular flexibility index (Phi) is 7.26. The highest BCUT2D eigenvalue weighted by molar-refractivity contribution is 7.92. The quantitative estimate of drug-likeness (QED) is 0.694. The summed E-state index contributed by atoms with van der Waals surface area (Å²) in [6, 6.07) is 11.0. The molecule has 9 heteroatoms. The zero-order valence-electron chi connectivity index (χ0n) is 16.7. The fourth-order valence-corrected chi connectivity index (χ4v) is 3.20. The van der Waals surface area contributed by atoms with Crippen molar-refractivity contribution in [3.05, 3.63) is 58.6 Å². The Morgan fingerprint density at radius 2 is 1.72 bits per heavy atom. The second-order valence-corrected chi connectivity index (χ2v) is 9.42. The van der Waals surface area contributed by atoms with Gasteiger partial charge in [0, 0.05) is 13.6 Å². The number of amides is 2. The minimum atomic E-state index is -3.45. The number of benzene rings is 2. The molecule has 0 radical (unpaired) electrons. The van der Waals surface area contributed by atoms with Crippen molar-refractivity contribution in [3.8, 4) is 0 Å². The number of para-hydroxylation sites is 1. The third-order valence-corrected chi connectivity index (χ3v) is 5.67. The lowest BCUT2D eigenvalue weighted by Gasteiger charge is -2.18. The van der Waals surface area contributed by atoms with E-state index in [0.717, 1.165) is 10.6 Å². The molecule has 0 aliphatic rings. The molecule has 2 aromatic rings. The number of anilines is 2. The van der Waals surface area contributed by atoms with Crippen LogP contribution < -0.4 is 14.9 Å². The van der Waals surface area contributed by atoms with Gasteiger partial charge in [-0.05, 0) is 36.2 Å². The van der Waals surface area contributed by atoms with Crippen LogP contribution in [0.4, 0.5) is 11.4 Å². The predicted octanol–water partition coefficient (Wildman–Crippen LogP) is 3.37. The summed E-state index contributed by atoms with van der Waals surface area (Å²) in [5.41, 5.74) is 1.19. The molecule has 0 spiro atoms. The normalized spacial score (nSPS) is 11.2. The van der Waals surface area contributed by atoms with E-state index in [9.17, 15) is 18.0 Å². The number of nitrogens with zero attached hydrogens (tertiary/aromatic N) is 1. The molecule has 0 bridgehead atoms. The van der Waals surface area contributed by atoms with E-state index >= 15 is 0 Å². The molecular formula is C20H24ClN3O4S. The van der Waals surface area contributed by atoms with Gasteiger partial charge in [0.1, 0.15) is 0 Å². The van der Waals surface area contributed by atoms with Crippen LogP contribution in [-0.4, -0.2) is 40.1 Å². The molecule has 29 heavy (non-hydrogen) atoms. The minimum Gasteiger partial charge on any atom is -0.352 e. The predicted molar refractivity (Wildman–Crippen MR) is 116 cm³/mol. The van der Waals surface area contributed by atoms with Crippen molar-refractivity contribution in [1.82, 2.24) is 5.32 Å². The molecule has 2 aromatic carbocycles. The van der Waals surface area contributed by atoms with Crippen LogP contribution in [0.25, 0.3) is 0 Å². The Morgan fingerprint density at radius 1 is 1.07 bits per heavy atom. The van der Waals surface area contributed by atoms with E-state index in [1.165, 1.54) is 25.2 Å². The van der Waals surface area contributed by atoms with Gasteiger partial charge in [0.2, 0.25) is 10.0 Å². The third-order valence-electron chi connectivity index (χ3n) is 4.15. The Hall–Kier alpha value is -2.58. The maximum Gasteiger partial charge on any atom is 0.257 e. The SMILES string of the molecule is CC(C)CNC(=O)c1ccccc1NC(=O)c1ccc(N(C)S(C)(=O)=O)cc1Cl. The van der Waals surface area contributed by atoms with Gasteiger partial charge in [-0.1, -0.05) is 37.6 Å². The Balaban J connectivity index is 2.24. The van der Waals surface area contributed by atoms with E-state index in [1.807, 2.05) is 13.8 Å². The summed E-state index contributed by atoms with van der Waals surface area (Å²) in [4.78, 5) is 25.1. The molecule has 0 saturated heterocycles. The van der Waals surface area contributed by atoms with Gasteiger partial charge >= 0.3 is 0 Å². The van der Waals surface area contributed by atoms with Gasteiger partial charge in [-0.25, -0.2) is 8.42 Å². The molecule has 0 aliphatic heterocycles. The van der Waals surface area contributed by atoms with E-state index in [-0.39, 0.29) is 16.5 Å². The molecular weight excluding hydrogens is 414 g/mol. The number of hydrogen-bond acceptors (Lipinski definition) is 4. The molecule has 0 aromatic heterocycles. The first-order chi connectivity index (χ1) is 13.5. The zero-order chi connectivity index (χ0) is 21.8. The maximum absolute atomic E-state index is 12.7. The third kappa shape index (κ3) is 5.95. The smallest absolute Gasteiger partial charge is 0.257 e. The topological polar surface area (TPSA) is 95.6 Å². The molecule has 7 nitrogen and oxygen atoms in total. The zero-order valence-corrected chi connectivity index (χ0v) is 18.3. The van der Waals surface area contributed by atoms with Crippen LogP contribution in [0.2, 0.25) is 5.02 Å². The Morgan fingerprint density at radius 3 is 2.31 bits per heavy atom. The van der Waals surface area contributed by atoms with E-state index in [4.69, 9.17) is 11.6 Å². The van der Waals surface area contributed by atoms with Crippen molar-refractivity contribution >= 4 is 44.8 Å². The summed E-state index contributed by atoms with van der Waals surface area (Å²) in [6.45, 7) is 4.49. The van der Waals surface area contributed by atoms with E-state index in [2.05, 4.69) is 10.6 Å². The van der Waals surface area contributed by atoms with Gasteiger partial charge in [0.25, 0.3) is 11.8 Å². The number of halogens is 1. The van der Waals surface area contributed by atoms with Crippen LogP contribution in [0, 0.1) is 5.92 Å². The molecule has 156 valence electrons. The molecule has 0 heterocycles. The first kappa shape index (κ1) is 22.7. The summed E-state index contributed by atoms with van der Waals surface area (Å²) in [6.07, 6.45) is 1.07. The standard InChI is InChI=1S/C20H24ClN3O4S/c1-13(2)12-22-19(25)16-7-5-6-8-18(16)23-20(26)15-10-9-14(11-17(15)21)24(3)29(4,27)28/h5-11,13H,12H2,1-4H3,(H,22,25)(H,23,26). The summed E-state index contributed by atoms with van der Waals surface area (Å²) < 4.78 is 24.4. The number of hydrogen-bond donors (Lipinski definition) is 2. The van der Waals surface area contributed by atoms with Crippen molar-refractivity contribution in [2.75, 3.05) is 29.5 Å². The Labute approximate surface area is 176 Å². The van der Waals surface area contributed by atoms with Crippen molar-refractivity contribution in [2.45, 2.75) is 13.8 Å². The maximum atomic E-state index is 12.7. The highest BCUT2D eigenvalue weighted by Gasteiger charge is 2.18.